The molecule has 1 fully saturated rings. The number of amides is 1. The summed E-state index contributed by atoms with van der Waals surface area (Å²) in [4.78, 5) is 17.0. The lowest BCUT2D eigenvalue weighted by molar-refractivity contribution is 0.0935. The van der Waals surface area contributed by atoms with E-state index < -0.39 is 0 Å². The molecule has 2 aromatic heterocycles. The molecule has 0 bridgehead atoms. The van der Waals surface area contributed by atoms with Crippen molar-refractivity contribution in [3.63, 3.8) is 0 Å². The number of aromatic amines is 1. The summed E-state index contributed by atoms with van der Waals surface area (Å²) in [6.45, 7) is 2.02. The maximum atomic E-state index is 12.5. The standard InChI is InChI=1S/C21H19Cl2N7O/c1-21(7-8-21)27-19(31)12-4-3-11(9-14(12)22)18-26-20(30(2)29-18)25-16-6-5-15-13(17(16)23)10-24-28-15/h3-6,9-10H,7-8H2,1-2H3,(H,24,28)(H,27,31)(H,25,26,29). The molecule has 31 heavy (non-hydrogen) atoms. The molecule has 4 aromatic rings. The van der Waals surface area contributed by atoms with Crippen LogP contribution in [0.5, 0.6) is 0 Å². The number of carbonyl (C=O) groups excluding carboxylic acids is 1. The molecule has 3 N–H and O–H groups in total. The zero-order chi connectivity index (χ0) is 21.8. The number of aromatic nitrogens is 5. The number of aryl methyl sites for hydroxylation is 1. The Morgan fingerprint density at radius 1 is 1.23 bits per heavy atom. The predicted molar refractivity (Wildman–Crippen MR) is 121 cm³/mol. The van der Waals surface area contributed by atoms with Crippen LogP contribution in [-0.2, 0) is 7.05 Å². The monoisotopic (exact) mass is 455 g/mol. The van der Waals surface area contributed by atoms with E-state index >= 15 is 0 Å². The maximum absolute atomic E-state index is 12.5. The van der Waals surface area contributed by atoms with Crippen molar-refractivity contribution in [2.75, 3.05) is 5.32 Å². The quantitative estimate of drug-likeness (QED) is 0.405. The Kier molecular flexibility index (Phi) is 4.64. The average molecular weight is 456 g/mol. The molecule has 8 nitrogen and oxygen atoms in total. The number of fused-ring (bicyclic) bond motifs is 1. The maximum Gasteiger partial charge on any atom is 0.253 e. The van der Waals surface area contributed by atoms with E-state index in [0.717, 1.165) is 23.7 Å². The third-order valence-corrected chi connectivity index (χ3v) is 6.18. The van der Waals surface area contributed by atoms with Gasteiger partial charge in [0.05, 0.1) is 33.0 Å². The summed E-state index contributed by atoms with van der Waals surface area (Å²) in [5.41, 5.74) is 2.58. The van der Waals surface area contributed by atoms with Crippen molar-refractivity contribution in [2.24, 2.45) is 7.05 Å². The molecule has 0 radical (unpaired) electrons. The van der Waals surface area contributed by atoms with Gasteiger partial charge in [0.15, 0.2) is 5.82 Å². The molecule has 2 heterocycles. The summed E-state index contributed by atoms with van der Waals surface area (Å²) in [6.07, 6.45) is 3.65. The van der Waals surface area contributed by atoms with Gasteiger partial charge in [0, 0.05) is 23.5 Å². The number of hydrogen-bond acceptors (Lipinski definition) is 5. The molecule has 10 heteroatoms. The number of rotatable bonds is 5. The summed E-state index contributed by atoms with van der Waals surface area (Å²) in [6, 6.07) is 8.93. The van der Waals surface area contributed by atoms with Gasteiger partial charge in [-0.05, 0) is 44.0 Å². The van der Waals surface area contributed by atoms with Crippen LogP contribution in [-0.4, -0.2) is 36.4 Å². The minimum absolute atomic E-state index is 0.108. The van der Waals surface area contributed by atoms with Crippen molar-refractivity contribution in [1.29, 1.82) is 0 Å². The summed E-state index contributed by atoms with van der Waals surface area (Å²) in [7, 11) is 1.78. The smallest absolute Gasteiger partial charge is 0.253 e. The molecule has 0 atom stereocenters. The van der Waals surface area contributed by atoms with Gasteiger partial charge < -0.3 is 10.6 Å². The van der Waals surface area contributed by atoms with Crippen molar-refractivity contribution >= 4 is 51.6 Å². The number of hydrogen-bond donors (Lipinski definition) is 3. The first-order chi connectivity index (χ1) is 14.8. The normalized spacial score (nSPS) is 14.6. The number of anilines is 2. The van der Waals surface area contributed by atoms with Crippen molar-refractivity contribution in [3.8, 4) is 11.4 Å². The largest absolute Gasteiger partial charge is 0.347 e. The van der Waals surface area contributed by atoms with E-state index in [0.29, 0.717) is 38.6 Å². The fourth-order valence-corrected chi connectivity index (χ4v) is 3.84. The van der Waals surface area contributed by atoms with E-state index in [1.807, 2.05) is 19.1 Å². The molecule has 1 amide bonds. The Labute approximate surface area is 188 Å². The molecular formula is C21H19Cl2N7O. The van der Waals surface area contributed by atoms with Gasteiger partial charge in [-0.1, -0.05) is 29.3 Å². The van der Waals surface area contributed by atoms with Gasteiger partial charge in [0.2, 0.25) is 5.95 Å². The molecular weight excluding hydrogens is 437 g/mol. The highest BCUT2D eigenvalue weighted by Gasteiger charge is 2.39. The average Bonchev–Trinajstić information content (AvgIpc) is 3.13. The van der Waals surface area contributed by atoms with Crippen LogP contribution >= 0.6 is 23.2 Å². The summed E-state index contributed by atoms with van der Waals surface area (Å²) in [5, 5.41) is 19.3. The fourth-order valence-electron chi connectivity index (χ4n) is 3.31. The zero-order valence-corrected chi connectivity index (χ0v) is 18.3. The minimum Gasteiger partial charge on any atom is -0.347 e. The van der Waals surface area contributed by atoms with Gasteiger partial charge in [-0.15, -0.1) is 5.10 Å². The first kappa shape index (κ1) is 19.8. The molecule has 0 unspecified atom stereocenters. The Bertz CT molecular complexity index is 1320. The first-order valence-corrected chi connectivity index (χ1v) is 10.5. The van der Waals surface area contributed by atoms with Gasteiger partial charge in [-0.3, -0.25) is 9.89 Å². The van der Waals surface area contributed by atoms with Crippen LogP contribution in [0.1, 0.15) is 30.1 Å². The van der Waals surface area contributed by atoms with Crippen LogP contribution < -0.4 is 10.6 Å². The Morgan fingerprint density at radius 2 is 2.03 bits per heavy atom. The lowest BCUT2D eigenvalue weighted by atomic mass is 10.1. The van der Waals surface area contributed by atoms with Crippen molar-refractivity contribution < 1.29 is 4.79 Å². The molecule has 1 saturated carbocycles. The molecule has 158 valence electrons. The molecule has 0 spiro atoms. The second-order valence-corrected chi connectivity index (χ2v) is 8.76. The number of benzene rings is 2. The molecule has 5 rings (SSSR count). The molecule has 0 saturated heterocycles. The van der Waals surface area contributed by atoms with Gasteiger partial charge in [-0.2, -0.15) is 10.1 Å². The SMILES string of the molecule is Cn1nc(-c2ccc(C(=O)NC3(C)CC3)c(Cl)c2)nc1Nc1ccc2[nH]ncc2c1Cl. The number of halogens is 2. The second-order valence-electron chi connectivity index (χ2n) is 7.98. The van der Waals surface area contributed by atoms with E-state index in [1.54, 1.807) is 36.1 Å². The minimum atomic E-state index is -0.169. The highest BCUT2D eigenvalue weighted by Crippen LogP contribution is 2.35. The van der Waals surface area contributed by atoms with Crippen molar-refractivity contribution in [3.05, 3.63) is 52.1 Å². The number of nitrogens with one attached hydrogen (secondary N) is 3. The van der Waals surface area contributed by atoms with E-state index in [2.05, 4.69) is 30.9 Å². The Morgan fingerprint density at radius 3 is 2.77 bits per heavy atom. The lowest BCUT2D eigenvalue weighted by Gasteiger charge is -2.12. The van der Waals surface area contributed by atoms with Crippen LogP contribution in [0.2, 0.25) is 10.0 Å². The van der Waals surface area contributed by atoms with Crippen LogP contribution in [0, 0.1) is 0 Å². The molecule has 2 aromatic carbocycles. The fraction of sp³-hybridized carbons (Fsp3) is 0.238. The van der Waals surface area contributed by atoms with Crippen molar-refractivity contribution in [1.82, 2.24) is 30.3 Å². The Balaban J connectivity index is 1.40. The highest BCUT2D eigenvalue weighted by molar-refractivity contribution is 6.38. The highest BCUT2D eigenvalue weighted by atomic mass is 35.5. The first-order valence-electron chi connectivity index (χ1n) is 9.75. The molecule has 1 aliphatic rings. The number of H-pyrrole nitrogens is 1. The van der Waals surface area contributed by atoms with E-state index in [-0.39, 0.29) is 11.4 Å². The topological polar surface area (TPSA) is 101 Å². The van der Waals surface area contributed by atoms with E-state index in [1.165, 1.54) is 0 Å². The predicted octanol–water partition coefficient (Wildman–Crippen LogP) is 4.69. The van der Waals surface area contributed by atoms with Gasteiger partial charge in [0.1, 0.15) is 0 Å². The molecule has 0 aliphatic heterocycles. The number of carbonyl (C=O) groups is 1. The van der Waals surface area contributed by atoms with Crippen LogP contribution in [0.3, 0.4) is 0 Å². The lowest BCUT2D eigenvalue weighted by Crippen LogP contribution is -2.34. The van der Waals surface area contributed by atoms with Gasteiger partial charge in [-0.25, -0.2) is 4.68 Å². The summed E-state index contributed by atoms with van der Waals surface area (Å²) < 4.78 is 1.62. The van der Waals surface area contributed by atoms with Crippen molar-refractivity contribution in [2.45, 2.75) is 25.3 Å². The van der Waals surface area contributed by atoms with E-state index in [9.17, 15) is 4.79 Å². The number of nitrogens with zero attached hydrogens (tertiary/aromatic N) is 4. The van der Waals surface area contributed by atoms with Crippen LogP contribution in [0.4, 0.5) is 11.6 Å². The third kappa shape index (κ3) is 3.73. The summed E-state index contributed by atoms with van der Waals surface area (Å²) in [5.74, 6) is 0.824. The second kappa shape index (κ2) is 7.25. The summed E-state index contributed by atoms with van der Waals surface area (Å²) >= 11 is 12.9. The Hall–Kier alpha value is -3.10. The van der Waals surface area contributed by atoms with Gasteiger partial charge in [0.25, 0.3) is 5.91 Å². The van der Waals surface area contributed by atoms with Crippen LogP contribution in [0.25, 0.3) is 22.3 Å². The van der Waals surface area contributed by atoms with E-state index in [4.69, 9.17) is 23.2 Å². The zero-order valence-electron chi connectivity index (χ0n) is 16.8. The van der Waals surface area contributed by atoms with Crippen LogP contribution in [0.15, 0.2) is 36.5 Å². The van der Waals surface area contributed by atoms with Gasteiger partial charge >= 0.3 is 0 Å². The molecule has 1 aliphatic carbocycles. The third-order valence-electron chi connectivity index (χ3n) is 5.46.